The van der Waals surface area contributed by atoms with E-state index in [0.29, 0.717) is 18.8 Å². The molecule has 0 unspecified atom stereocenters. The van der Waals surface area contributed by atoms with Crippen molar-refractivity contribution in [2.45, 2.75) is 13.8 Å². The van der Waals surface area contributed by atoms with E-state index in [4.69, 9.17) is 11.5 Å². The van der Waals surface area contributed by atoms with E-state index in [1.165, 1.54) is 6.07 Å². The zero-order valence-corrected chi connectivity index (χ0v) is 9.41. The highest BCUT2D eigenvalue weighted by molar-refractivity contribution is 5.73. The van der Waals surface area contributed by atoms with E-state index in [1.54, 1.807) is 6.92 Å². The van der Waals surface area contributed by atoms with Crippen molar-refractivity contribution in [1.82, 2.24) is 0 Å². The Balaban J connectivity index is 3.24. The summed E-state index contributed by atoms with van der Waals surface area (Å²) in [5.41, 5.74) is 13.6. The van der Waals surface area contributed by atoms with Crippen LogP contribution >= 0.6 is 0 Å². The Morgan fingerprint density at radius 3 is 2.56 bits per heavy atom. The van der Waals surface area contributed by atoms with Crippen molar-refractivity contribution in [3.05, 3.63) is 27.3 Å². The number of nitro groups is 1. The second-order valence-electron chi connectivity index (χ2n) is 3.58. The first-order chi connectivity index (χ1) is 7.49. The van der Waals surface area contributed by atoms with Crippen molar-refractivity contribution in [3.8, 4) is 0 Å². The fraction of sp³-hybridized carbons (Fsp3) is 0.400. The predicted molar refractivity (Wildman–Crippen MR) is 64.5 cm³/mol. The Hall–Kier alpha value is -1.82. The van der Waals surface area contributed by atoms with E-state index in [2.05, 4.69) is 5.32 Å². The van der Waals surface area contributed by atoms with Crippen LogP contribution in [0.3, 0.4) is 0 Å². The number of hydrogen-bond acceptors (Lipinski definition) is 5. The molecule has 0 radical (unpaired) electrons. The first-order valence-electron chi connectivity index (χ1n) is 4.97. The van der Waals surface area contributed by atoms with Crippen molar-refractivity contribution in [2.24, 2.45) is 5.73 Å². The van der Waals surface area contributed by atoms with Crippen LogP contribution in [-0.4, -0.2) is 18.0 Å². The lowest BCUT2D eigenvalue weighted by Gasteiger charge is -2.12. The molecule has 0 saturated heterocycles. The molecule has 0 bridgehead atoms. The maximum absolute atomic E-state index is 10.8. The Morgan fingerprint density at radius 1 is 1.44 bits per heavy atom. The molecule has 88 valence electrons. The van der Waals surface area contributed by atoms with Crippen LogP contribution in [0.2, 0.25) is 0 Å². The van der Waals surface area contributed by atoms with Crippen molar-refractivity contribution in [1.29, 1.82) is 0 Å². The number of nitrogens with zero attached hydrogens (tertiary/aromatic N) is 1. The second kappa shape index (κ2) is 4.80. The van der Waals surface area contributed by atoms with Gasteiger partial charge in [-0.05, 0) is 25.0 Å². The number of benzene rings is 1. The van der Waals surface area contributed by atoms with Crippen LogP contribution < -0.4 is 16.8 Å². The summed E-state index contributed by atoms with van der Waals surface area (Å²) in [6, 6.07) is 1.45. The Kier molecular flexibility index (Phi) is 3.68. The molecule has 5 N–H and O–H groups in total. The molecule has 0 saturated carbocycles. The molecule has 6 heteroatoms. The van der Waals surface area contributed by atoms with E-state index in [1.807, 2.05) is 6.92 Å². The first kappa shape index (κ1) is 12.3. The number of nitro benzene ring substituents is 1. The lowest BCUT2D eigenvalue weighted by atomic mass is 10.0. The summed E-state index contributed by atoms with van der Waals surface area (Å²) < 4.78 is 0. The van der Waals surface area contributed by atoms with Gasteiger partial charge in [0.05, 0.1) is 4.92 Å². The third-order valence-electron chi connectivity index (χ3n) is 2.58. The van der Waals surface area contributed by atoms with Crippen molar-refractivity contribution in [2.75, 3.05) is 24.1 Å². The highest BCUT2D eigenvalue weighted by atomic mass is 16.6. The summed E-state index contributed by atoms with van der Waals surface area (Å²) in [5.74, 6) is 0. The molecule has 0 amide bonds. The van der Waals surface area contributed by atoms with Crippen LogP contribution in [0.4, 0.5) is 17.1 Å². The average molecular weight is 224 g/mol. The quantitative estimate of drug-likeness (QED) is 0.404. The molecule has 1 aromatic rings. The van der Waals surface area contributed by atoms with Gasteiger partial charge in [0, 0.05) is 24.8 Å². The van der Waals surface area contributed by atoms with Crippen molar-refractivity contribution < 1.29 is 4.92 Å². The van der Waals surface area contributed by atoms with Crippen LogP contribution in [0.25, 0.3) is 0 Å². The molecule has 0 aliphatic rings. The van der Waals surface area contributed by atoms with Gasteiger partial charge in [0.1, 0.15) is 5.69 Å². The molecule has 16 heavy (non-hydrogen) atoms. The topological polar surface area (TPSA) is 107 Å². The van der Waals surface area contributed by atoms with E-state index in [9.17, 15) is 10.1 Å². The summed E-state index contributed by atoms with van der Waals surface area (Å²) >= 11 is 0. The van der Waals surface area contributed by atoms with Gasteiger partial charge in [0.2, 0.25) is 0 Å². The van der Waals surface area contributed by atoms with Gasteiger partial charge < -0.3 is 16.8 Å². The highest BCUT2D eigenvalue weighted by Crippen LogP contribution is 2.32. The largest absolute Gasteiger partial charge is 0.393 e. The van der Waals surface area contributed by atoms with Gasteiger partial charge in [-0.2, -0.15) is 0 Å². The van der Waals surface area contributed by atoms with Crippen LogP contribution in [0.15, 0.2) is 6.07 Å². The molecule has 1 rings (SSSR count). The third kappa shape index (κ3) is 2.22. The summed E-state index contributed by atoms with van der Waals surface area (Å²) in [6.07, 6.45) is 0. The zero-order chi connectivity index (χ0) is 12.3. The van der Waals surface area contributed by atoms with Gasteiger partial charge in [-0.15, -0.1) is 0 Å². The fourth-order valence-corrected chi connectivity index (χ4v) is 1.46. The number of rotatable bonds is 4. The van der Waals surface area contributed by atoms with Crippen LogP contribution in [0, 0.1) is 24.0 Å². The van der Waals surface area contributed by atoms with E-state index >= 15 is 0 Å². The second-order valence-corrected chi connectivity index (χ2v) is 3.58. The number of nitrogens with one attached hydrogen (secondary N) is 1. The molecule has 0 heterocycles. The molecule has 0 aliphatic heterocycles. The van der Waals surface area contributed by atoms with Gasteiger partial charge in [0.25, 0.3) is 5.69 Å². The van der Waals surface area contributed by atoms with Gasteiger partial charge in [-0.3, -0.25) is 10.1 Å². The standard InChI is InChI=1S/C10H16N4O2/c1-6-7(2)10(12)9(14(15)16)5-8(6)13-4-3-11/h5,13H,3-4,11-12H2,1-2H3. The number of anilines is 2. The lowest BCUT2D eigenvalue weighted by molar-refractivity contribution is -0.383. The molecule has 0 aliphatic carbocycles. The first-order valence-corrected chi connectivity index (χ1v) is 4.97. The summed E-state index contributed by atoms with van der Waals surface area (Å²) in [4.78, 5) is 10.3. The SMILES string of the molecule is Cc1c(NCCN)cc([N+](=O)[O-])c(N)c1C. The maximum atomic E-state index is 10.8. The minimum Gasteiger partial charge on any atom is -0.393 e. The van der Waals surface area contributed by atoms with Crippen LogP contribution in [-0.2, 0) is 0 Å². The molecular weight excluding hydrogens is 208 g/mol. The molecule has 1 aromatic carbocycles. The van der Waals surface area contributed by atoms with Crippen molar-refractivity contribution in [3.63, 3.8) is 0 Å². The Labute approximate surface area is 93.8 Å². The lowest BCUT2D eigenvalue weighted by Crippen LogP contribution is -2.14. The predicted octanol–water partition coefficient (Wildman–Crippen LogP) is 1.16. The summed E-state index contributed by atoms with van der Waals surface area (Å²) in [5, 5.41) is 13.8. The van der Waals surface area contributed by atoms with Gasteiger partial charge in [-0.1, -0.05) is 0 Å². The highest BCUT2D eigenvalue weighted by Gasteiger charge is 2.17. The average Bonchev–Trinajstić information content (AvgIpc) is 2.24. The molecule has 0 aromatic heterocycles. The molecule has 0 spiro atoms. The third-order valence-corrected chi connectivity index (χ3v) is 2.58. The number of nitrogen functional groups attached to an aromatic ring is 1. The Morgan fingerprint density at radius 2 is 2.06 bits per heavy atom. The fourth-order valence-electron chi connectivity index (χ4n) is 1.46. The van der Waals surface area contributed by atoms with Gasteiger partial charge in [0.15, 0.2) is 0 Å². The minimum absolute atomic E-state index is 0.0670. The summed E-state index contributed by atoms with van der Waals surface area (Å²) in [7, 11) is 0. The molecule has 6 nitrogen and oxygen atoms in total. The molecular formula is C10H16N4O2. The molecule has 0 atom stereocenters. The van der Waals surface area contributed by atoms with E-state index in [0.717, 1.165) is 11.1 Å². The number of nitrogens with two attached hydrogens (primary N) is 2. The van der Waals surface area contributed by atoms with Crippen LogP contribution in [0.1, 0.15) is 11.1 Å². The van der Waals surface area contributed by atoms with Crippen LogP contribution in [0.5, 0.6) is 0 Å². The van der Waals surface area contributed by atoms with Crippen molar-refractivity contribution >= 4 is 17.1 Å². The van der Waals surface area contributed by atoms with E-state index in [-0.39, 0.29) is 11.4 Å². The van der Waals surface area contributed by atoms with Gasteiger partial charge in [-0.25, -0.2) is 0 Å². The minimum atomic E-state index is -0.477. The monoisotopic (exact) mass is 224 g/mol. The summed E-state index contributed by atoms with van der Waals surface area (Å²) in [6.45, 7) is 4.68. The smallest absolute Gasteiger partial charge is 0.294 e. The Bertz CT molecular complexity index is 418. The van der Waals surface area contributed by atoms with Gasteiger partial charge >= 0.3 is 0 Å². The van der Waals surface area contributed by atoms with E-state index < -0.39 is 4.92 Å². The maximum Gasteiger partial charge on any atom is 0.294 e. The molecule has 0 fully saturated rings. The zero-order valence-electron chi connectivity index (χ0n) is 9.41. The number of hydrogen-bond donors (Lipinski definition) is 3. The normalized spacial score (nSPS) is 10.2.